The lowest BCUT2D eigenvalue weighted by atomic mass is 10.3. The van der Waals surface area contributed by atoms with Crippen LogP contribution in [0.4, 0.5) is 0 Å². The summed E-state index contributed by atoms with van der Waals surface area (Å²) in [6.07, 6.45) is 0. The van der Waals surface area contributed by atoms with Crippen LogP contribution in [0.3, 0.4) is 0 Å². The monoisotopic (exact) mass is 218 g/mol. The van der Waals surface area contributed by atoms with E-state index in [1.54, 1.807) is 7.11 Å². The first-order valence-corrected chi connectivity index (χ1v) is 4.71. The molecular formula is C9H18N2O4. The molecule has 0 rings (SSSR count). The number of ether oxygens (including phenoxy) is 1. The van der Waals surface area contributed by atoms with Crippen molar-refractivity contribution in [1.29, 1.82) is 0 Å². The van der Waals surface area contributed by atoms with Crippen LogP contribution < -0.4 is 10.6 Å². The van der Waals surface area contributed by atoms with Crippen LogP contribution in [0.5, 0.6) is 0 Å². The number of nitrogens with one attached hydrogen (secondary N) is 2. The summed E-state index contributed by atoms with van der Waals surface area (Å²) in [6, 6.07) is -0.807. The minimum absolute atomic E-state index is 0.0124. The Hall–Kier alpha value is -1.14. The Kier molecular flexibility index (Phi) is 6.64. The second-order valence-electron chi connectivity index (χ2n) is 3.36. The lowest BCUT2D eigenvalue weighted by Gasteiger charge is -2.14. The number of rotatable bonds is 7. The molecule has 1 unspecified atom stereocenters. The Morgan fingerprint density at radius 3 is 2.47 bits per heavy atom. The topological polar surface area (TPSA) is 87.7 Å². The third kappa shape index (κ3) is 6.87. The number of amides is 1. The predicted octanol–water partition coefficient (Wildman–Crippen LogP) is -0.800. The fraction of sp³-hybridized carbons (Fsp3) is 0.778. The number of carboxylic acid groups (broad SMARTS) is 1. The molecule has 0 radical (unpaired) electrons. The summed E-state index contributed by atoms with van der Waals surface area (Å²) in [6.45, 7) is 3.71. The van der Waals surface area contributed by atoms with Gasteiger partial charge >= 0.3 is 5.97 Å². The van der Waals surface area contributed by atoms with Gasteiger partial charge in [0, 0.05) is 13.2 Å². The highest BCUT2D eigenvalue weighted by Gasteiger charge is 2.12. The van der Waals surface area contributed by atoms with Gasteiger partial charge in [0.1, 0.15) is 6.04 Å². The van der Waals surface area contributed by atoms with Crippen LogP contribution in [0.15, 0.2) is 0 Å². The number of carbonyl (C=O) groups excluding carboxylic acids is 1. The maximum atomic E-state index is 11.2. The second-order valence-corrected chi connectivity index (χ2v) is 3.36. The lowest BCUT2D eigenvalue weighted by Crippen LogP contribution is -2.44. The summed E-state index contributed by atoms with van der Waals surface area (Å²) < 4.78 is 4.84. The molecule has 0 bridgehead atoms. The van der Waals surface area contributed by atoms with Crippen LogP contribution in [0.2, 0.25) is 0 Å². The van der Waals surface area contributed by atoms with Crippen molar-refractivity contribution in [2.24, 2.45) is 0 Å². The van der Waals surface area contributed by atoms with E-state index in [1.165, 1.54) is 6.92 Å². The first-order valence-electron chi connectivity index (χ1n) is 4.71. The van der Waals surface area contributed by atoms with Crippen LogP contribution in [-0.2, 0) is 14.3 Å². The van der Waals surface area contributed by atoms with Gasteiger partial charge in [-0.1, -0.05) is 0 Å². The zero-order valence-electron chi connectivity index (χ0n) is 9.24. The third-order valence-corrected chi connectivity index (χ3v) is 1.76. The van der Waals surface area contributed by atoms with Crippen LogP contribution in [0.1, 0.15) is 13.8 Å². The number of hydrogen-bond donors (Lipinski definition) is 3. The standard InChI is InChI=1S/C9H18N2O4/c1-6(5-15-3)11-8(12)4-10-7(2)9(13)14/h6-7,10H,4-5H2,1-3H3,(H,11,12)(H,13,14)/t6?,7-/m0/s1. The number of hydrogen-bond acceptors (Lipinski definition) is 4. The van der Waals surface area contributed by atoms with Crippen LogP contribution >= 0.6 is 0 Å². The third-order valence-electron chi connectivity index (χ3n) is 1.76. The van der Waals surface area contributed by atoms with Gasteiger partial charge in [-0.3, -0.25) is 14.9 Å². The van der Waals surface area contributed by atoms with E-state index in [0.29, 0.717) is 6.61 Å². The lowest BCUT2D eigenvalue weighted by molar-refractivity contribution is -0.139. The molecule has 0 aromatic rings. The summed E-state index contributed by atoms with van der Waals surface area (Å²) in [4.78, 5) is 21.7. The molecule has 0 fully saturated rings. The van der Waals surface area contributed by atoms with Crippen molar-refractivity contribution < 1.29 is 19.4 Å². The minimum atomic E-state index is -0.979. The van der Waals surface area contributed by atoms with E-state index < -0.39 is 12.0 Å². The van der Waals surface area contributed by atoms with Gasteiger partial charge < -0.3 is 15.2 Å². The summed E-state index contributed by atoms with van der Waals surface area (Å²) in [5, 5.41) is 13.8. The molecule has 0 aliphatic rings. The maximum absolute atomic E-state index is 11.2. The molecule has 0 aromatic carbocycles. The molecule has 6 nitrogen and oxygen atoms in total. The minimum Gasteiger partial charge on any atom is -0.480 e. The van der Waals surface area contributed by atoms with Gasteiger partial charge in [0.15, 0.2) is 0 Å². The Morgan fingerprint density at radius 1 is 1.40 bits per heavy atom. The Balaban J connectivity index is 3.70. The van der Waals surface area contributed by atoms with E-state index in [4.69, 9.17) is 9.84 Å². The largest absolute Gasteiger partial charge is 0.480 e. The van der Waals surface area contributed by atoms with Gasteiger partial charge in [-0.2, -0.15) is 0 Å². The highest BCUT2D eigenvalue weighted by atomic mass is 16.5. The van der Waals surface area contributed by atoms with Crippen molar-refractivity contribution in [3.8, 4) is 0 Å². The number of carbonyl (C=O) groups is 2. The van der Waals surface area contributed by atoms with Crippen LogP contribution in [0.25, 0.3) is 0 Å². The molecule has 2 atom stereocenters. The van der Waals surface area contributed by atoms with E-state index >= 15 is 0 Å². The van der Waals surface area contributed by atoms with Gasteiger partial charge in [-0.15, -0.1) is 0 Å². The Bertz CT molecular complexity index is 220. The molecule has 3 N–H and O–H groups in total. The molecule has 0 saturated heterocycles. The van der Waals surface area contributed by atoms with Gasteiger partial charge in [0.2, 0.25) is 5.91 Å². The quantitative estimate of drug-likeness (QED) is 0.520. The predicted molar refractivity (Wildman–Crippen MR) is 54.6 cm³/mol. The van der Waals surface area contributed by atoms with Gasteiger partial charge in [-0.25, -0.2) is 0 Å². The van der Waals surface area contributed by atoms with Crippen LogP contribution in [0, 0.1) is 0 Å². The Morgan fingerprint density at radius 2 is 2.00 bits per heavy atom. The first-order chi connectivity index (χ1) is 6.97. The average molecular weight is 218 g/mol. The van der Waals surface area contributed by atoms with Gasteiger partial charge in [0.05, 0.1) is 13.2 Å². The van der Waals surface area contributed by atoms with Gasteiger partial charge in [0.25, 0.3) is 0 Å². The van der Waals surface area contributed by atoms with E-state index in [9.17, 15) is 9.59 Å². The molecule has 6 heteroatoms. The number of aliphatic carboxylic acids is 1. The van der Waals surface area contributed by atoms with Crippen molar-refractivity contribution in [2.45, 2.75) is 25.9 Å². The molecule has 0 spiro atoms. The van der Waals surface area contributed by atoms with Crippen LogP contribution in [-0.4, -0.2) is 49.3 Å². The second kappa shape index (κ2) is 7.19. The molecule has 88 valence electrons. The molecule has 1 amide bonds. The summed E-state index contributed by atoms with van der Waals surface area (Å²) in [7, 11) is 1.55. The number of carboxylic acids is 1. The average Bonchev–Trinajstić information content (AvgIpc) is 2.14. The van der Waals surface area contributed by atoms with E-state index in [0.717, 1.165) is 0 Å². The van der Waals surface area contributed by atoms with Crippen molar-refractivity contribution in [1.82, 2.24) is 10.6 Å². The Labute approximate surface area is 89.0 Å². The van der Waals surface area contributed by atoms with Crippen molar-refractivity contribution in [3.63, 3.8) is 0 Å². The first kappa shape index (κ1) is 13.9. The maximum Gasteiger partial charge on any atom is 0.320 e. The highest BCUT2D eigenvalue weighted by Crippen LogP contribution is 1.83. The number of methoxy groups -OCH3 is 1. The SMILES string of the molecule is COCC(C)NC(=O)CN[C@@H](C)C(=O)O. The molecule has 0 saturated carbocycles. The molecule has 0 heterocycles. The zero-order chi connectivity index (χ0) is 11.8. The van der Waals surface area contributed by atoms with E-state index in [1.807, 2.05) is 6.92 Å². The highest BCUT2D eigenvalue weighted by molar-refractivity contribution is 5.79. The molecule has 15 heavy (non-hydrogen) atoms. The summed E-state index contributed by atoms with van der Waals surface area (Å²) in [5.74, 6) is -1.22. The van der Waals surface area contributed by atoms with E-state index in [2.05, 4.69) is 10.6 Å². The van der Waals surface area contributed by atoms with Crippen molar-refractivity contribution in [3.05, 3.63) is 0 Å². The molecule has 0 aromatic heterocycles. The molecule has 0 aliphatic heterocycles. The smallest absolute Gasteiger partial charge is 0.320 e. The zero-order valence-corrected chi connectivity index (χ0v) is 9.24. The molecular weight excluding hydrogens is 200 g/mol. The van der Waals surface area contributed by atoms with Gasteiger partial charge in [-0.05, 0) is 13.8 Å². The summed E-state index contributed by atoms with van der Waals surface area (Å²) in [5.41, 5.74) is 0. The fourth-order valence-electron chi connectivity index (χ4n) is 0.951. The van der Waals surface area contributed by atoms with E-state index in [-0.39, 0.29) is 18.5 Å². The summed E-state index contributed by atoms with van der Waals surface area (Å²) >= 11 is 0. The van der Waals surface area contributed by atoms with Crippen molar-refractivity contribution >= 4 is 11.9 Å². The van der Waals surface area contributed by atoms with Crippen molar-refractivity contribution in [2.75, 3.05) is 20.3 Å². The molecule has 0 aliphatic carbocycles. The normalized spacial score (nSPS) is 14.3. The fourth-order valence-corrected chi connectivity index (χ4v) is 0.951.